The number of ketones is 1. The van der Waals surface area contributed by atoms with Gasteiger partial charge in [0.05, 0.1) is 12.3 Å². The first-order valence-electron chi connectivity index (χ1n) is 6.76. The van der Waals surface area contributed by atoms with Gasteiger partial charge in [0.2, 0.25) is 5.78 Å². The van der Waals surface area contributed by atoms with Gasteiger partial charge in [0.15, 0.2) is 12.0 Å². The van der Waals surface area contributed by atoms with Crippen LogP contribution in [0, 0.1) is 0 Å². The Morgan fingerprint density at radius 2 is 2.23 bits per heavy atom. The molecule has 0 aliphatic carbocycles. The SMILES string of the molecule is CCOC(=O)Nc1ccccc1C1(O)NCNC1C(=O)C=O. The van der Waals surface area contributed by atoms with Crippen molar-refractivity contribution < 1.29 is 24.2 Å². The van der Waals surface area contributed by atoms with Crippen LogP contribution in [0.2, 0.25) is 0 Å². The lowest BCUT2D eigenvalue weighted by atomic mass is 9.92. The van der Waals surface area contributed by atoms with E-state index < -0.39 is 23.6 Å². The molecule has 1 heterocycles. The van der Waals surface area contributed by atoms with Gasteiger partial charge in [0, 0.05) is 12.2 Å². The van der Waals surface area contributed by atoms with Gasteiger partial charge in [0.1, 0.15) is 6.04 Å². The molecule has 2 rings (SSSR count). The molecule has 8 heteroatoms. The third-order valence-corrected chi connectivity index (χ3v) is 3.33. The highest BCUT2D eigenvalue weighted by Crippen LogP contribution is 2.31. The zero-order valence-corrected chi connectivity index (χ0v) is 12.0. The maximum Gasteiger partial charge on any atom is 0.411 e. The summed E-state index contributed by atoms with van der Waals surface area (Å²) >= 11 is 0. The Bertz CT molecular complexity index is 592. The maximum absolute atomic E-state index is 11.7. The van der Waals surface area contributed by atoms with E-state index in [1.54, 1.807) is 31.2 Å². The number of ether oxygens (including phenoxy) is 1. The number of hydrogen-bond acceptors (Lipinski definition) is 7. The minimum atomic E-state index is -1.81. The summed E-state index contributed by atoms with van der Waals surface area (Å²) in [5.41, 5.74) is -1.27. The molecule has 22 heavy (non-hydrogen) atoms. The number of benzene rings is 1. The Balaban J connectivity index is 2.36. The number of amides is 1. The number of anilines is 1. The first kappa shape index (κ1) is 16.1. The molecule has 1 aromatic carbocycles. The molecule has 1 amide bonds. The lowest BCUT2D eigenvalue weighted by Crippen LogP contribution is -2.51. The Kier molecular flexibility index (Phi) is 4.86. The number of aldehydes is 1. The number of hydrogen-bond donors (Lipinski definition) is 4. The monoisotopic (exact) mass is 307 g/mol. The highest BCUT2D eigenvalue weighted by atomic mass is 16.5. The summed E-state index contributed by atoms with van der Waals surface area (Å²) in [5, 5.41) is 18.8. The molecule has 1 aliphatic heterocycles. The van der Waals surface area contributed by atoms with Crippen LogP contribution in [-0.4, -0.2) is 42.6 Å². The summed E-state index contributed by atoms with van der Waals surface area (Å²) < 4.78 is 4.80. The van der Waals surface area contributed by atoms with Gasteiger partial charge in [-0.2, -0.15) is 0 Å². The molecule has 1 aliphatic rings. The van der Waals surface area contributed by atoms with Crippen molar-refractivity contribution in [2.75, 3.05) is 18.6 Å². The topological polar surface area (TPSA) is 117 Å². The number of carbonyl (C=O) groups excluding carboxylic acids is 3. The van der Waals surface area contributed by atoms with Gasteiger partial charge < -0.3 is 9.84 Å². The second-order valence-corrected chi connectivity index (χ2v) is 4.67. The van der Waals surface area contributed by atoms with Crippen LogP contribution in [0.5, 0.6) is 0 Å². The summed E-state index contributed by atoms with van der Waals surface area (Å²) in [6.07, 6.45) is -0.528. The van der Waals surface area contributed by atoms with E-state index in [-0.39, 0.29) is 30.8 Å². The van der Waals surface area contributed by atoms with Gasteiger partial charge in [-0.05, 0) is 13.0 Å². The van der Waals surface area contributed by atoms with E-state index in [4.69, 9.17) is 4.74 Å². The Morgan fingerprint density at radius 3 is 2.91 bits per heavy atom. The Morgan fingerprint density at radius 1 is 1.50 bits per heavy atom. The zero-order valence-electron chi connectivity index (χ0n) is 12.0. The molecule has 2 unspecified atom stereocenters. The maximum atomic E-state index is 11.7. The van der Waals surface area contributed by atoms with Crippen LogP contribution >= 0.6 is 0 Å². The lowest BCUT2D eigenvalue weighted by molar-refractivity contribution is -0.135. The third-order valence-electron chi connectivity index (χ3n) is 3.33. The minimum Gasteiger partial charge on any atom is -0.450 e. The second kappa shape index (κ2) is 6.65. The highest BCUT2D eigenvalue weighted by Gasteiger charge is 2.47. The third kappa shape index (κ3) is 2.98. The van der Waals surface area contributed by atoms with Crippen molar-refractivity contribution in [3.63, 3.8) is 0 Å². The summed E-state index contributed by atoms with van der Waals surface area (Å²) in [6, 6.07) is 5.27. The Hall–Kier alpha value is -2.29. The molecule has 8 nitrogen and oxygen atoms in total. The summed E-state index contributed by atoms with van der Waals surface area (Å²) in [7, 11) is 0. The van der Waals surface area contributed by atoms with Crippen molar-refractivity contribution in [2.45, 2.75) is 18.7 Å². The molecule has 0 radical (unpaired) electrons. The van der Waals surface area contributed by atoms with E-state index in [2.05, 4.69) is 16.0 Å². The van der Waals surface area contributed by atoms with Crippen LogP contribution in [0.4, 0.5) is 10.5 Å². The first-order chi connectivity index (χ1) is 10.5. The van der Waals surface area contributed by atoms with E-state index >= 15 is 0 Å². The van der Waals surface area contributed by atoms with Crippen molar-refractivity contribution in [1.82, 2.24) is 10.6 Å². The minimum absolute atomic E-state index is 0.133. The van der Waals surface area contributed by atoms with Gasteiger partial charge in [0.25, 0.3) is 0 Å². The van der Waals surface area contributed by atoms with Gasteiger partial charge in [-0.15, -0.1) is 0 Å². The Labute approximate surface area is 126 Å². The van der Waals surface area contributed by atoms with E-state index in [0.717, 1.165) is 0 Å². The standard InChI is InChI=1S/C14H17N3O5/c1-2-22-13(20)17-10-6-4-3-5-9(10)14(21)12(11(19)7-18)15-8-16-14/h3-7,12,15-16,21H,2,8H2,1H3,(H,17,20). The zero-order chi connectivity index (χ0) is 16.2. The van der Waals surface area contributed by atoms with Gasteiger partial charge in [-0.25, -0.2) is 4.79 Å². The molecule has 0 aromatic heterocycles. The van der Waals surface area contributed by atoms with Crippen LogP contribution in [0.25, 0.3) is 0 Å². The van der Waals surface area contributed by atoms with Crippen molar-refractivity contribution in [3.8, 4) is 0 Å². The smallest absolute Gasteiger partial charge is 0.411 e. The number of para-hydroxylation sites is 1. The summed E-state index contributed by atoms with van der Waals surface area (Å²) in [6.45, 7) is 2.00. The molecule has 0 spiro atoms. The predicted octanol–water partition coefficient (Wildman–Crippen LogP) is -0.313. The molecule has 1 aromatic rings. The number of Topliss-reactive ketones (excluding diaryl/α,β-unsaturated/α-hetero) is 1. The van der Waals surface area contributed by atoms with E-state index in [0.29, 0.717) is 0 Å². The van der Waals surface area contributed by atoms with E-state index in [1.165, 1.54) is 0 Å². The normalized spacial score (nSPS) is 23.8. The van der Waals surface area contributed by atoms with Crippen molar-refractivity contribution in [2.24, 2.45) is 0 Å². The average Bonchev–Trinajstić information content (AvgIpc) is 2.90. The number of carbonyl (C=O) groups is 3. The summed E-state index contributed by atoms with van der Waals surface area (Å²) in [5.74, 6) is -0.793. The van der Waals surface area contributed by atoms with Crippen LogP contribution in [0.15, 0.2) is 24.3 Å². The van der Waals surface area contributed by atoms with Crippen molar-refractivity contribution >= 4 is 23.9 Å². The molecule has 0 saturated carbocycles. The number of rotatable bonds is 5. The molecular weight excluding hydrogens is 290 g/mol. The quantitative estimate of drug-likeness (QED) is 0.435. The van der Waals surface area contributed by atoms with Crippen LogP contribution in [0.1, 0.15) is 12.5 Å². The van der Waals surface area contributed by atoms with Crippen molar-refractivity contribution in [3.05, 3.63) is 29.8 Å². The fraction of sp³-hybridized carbons (Fsp3) is 0.357. The molecule has 118 valence electrons. The second-order valence-electron chi connectivity index (χ2n) is 4.67. The highest BCUT2D eigenvalue weighted by molar-refractivity contribution is 6.28. The van der Waals surface area contributed by atoms with E-state index in [1.807, 2.05) is 0 Å². The average molecular weight is 307 g/mol. The van der Waals surface area contributed by atoms with E-state index in [9.17, 15) is 19.5 Å². The number of nitrogens with one attached hydrogen (secondary N) is 3. The number of aliphatic hydroxyl groups is 1. The fourth-order valence-corrected chi connectivity index (χ4v) is 2.36. The van der Waals surface area contributed by atoms with Gasteiger partial charge in [-0.3, -0.25) is 25.5 Å². The molecule has 0 bridgehead atoms. The molecular formula is C14H17N3O5. The van der Waals surface area contributed by atoms with Gasteiger partial charge in [-0.1, -0.05) is 18.2 Å². The molecule has 1 fully saturated rings. The van der Waals surface area contributed by atoms with Gasteiger partial charge >= 0.3 is 6.09 Å². The van der Waals surface area contributed by atoms with Crippen LogP contribution < -0.4 is 16.0 Å². The lowest BCUT2D eigenvalue weighted by Gasteiger charge is -2.29. The molecule has 1 saturated heterocycles. The fourth-order valence-electron chi connectivity index (χ4n) is 2.36. The summed E-state index contributed by atoms with van der Waals surface area (Å²) in [4.78, 5) is 34.0. The van der Waals surface area contributed by atoms with Crippen LogP contribution in [0.3, 0.4) is 0 Å². The predicted molar refractivity (Wildman–Crippen MR) is 77.0 cm³/mol. The van der Waals surface area contributed by atoms with Crippen molar-refractivity contribution in [1.29, 1.82) is 0 Å². The largest absolute Gasteiger partial charge is 0.450 e. The molecule has 4 N–H and O–H groups in total. The molecule has 2 atom stereocenters. The first-order valence-corrected chi connectivity index (χ1v) is 6.76. The van der Waals surface area contributed by atoms with Crippen LogP contribution in [-0.2, 0) is 20.1 Å².